The topological polar surface area (TPSA) is 9.23 Å². The first-order valence-corrected chi connectivity index (χ1v) is 11.0. The average Bonchev–Trinajstić information content (AvgIpc) is 2.78. The molecule has 0 unspecified atom stereocenters. The Morgan fingerprint density at radius 3 is 2.32 bits per heavy atom. The van der Waals surface area contributed by atoms with Crippen LogP contribution in [-0.4, -0.2) is 6.61 Å². The number of benzene rings is 2. The summed E-state index contributed by atoms with van der Waals surface area (Å²) in [5.74, 6) is 2.12. The number of aryl methyl sites for hydroxylation is 1. The van der Waals surface area contributed by atoms with Gasteiger partial charge in [-0.15, -0.1) is 0 Å². The molecule has 0 heterocycles. The van der Waals surface area contributed by atoms with Crippen molar-refractivity contribution in [2.24, 2.45) is 5.92 Å². The minimum atomic E-state index is -0.923. The quantitative estimate of drug-likeness (QED) is 0.262. The SMILES string of the molecule is CCCCCOc1ccc(C2CCC(C#Cc3ccc(C)c(F)c3F)CC2)c(F)c1F. The number of unbranched alkanes of at least 4 members (excludes halogenated alkanes) is 2. The second-order valence-corrected chi connectivity index (χ2v) is 8.21. The van der Waals surface area contributed by atoms with Crippen LogP contribution in [0.2, 0.25) is 0 Å². The lowest BCUT2D eigenvalue weighted by atomic mass is 9.78. The Labute approximate surface area is 181 Å². The van der Waals surface area contributed by atoms with Crippen molar-refractivity contribution in [1.29, 1.82) is 0 Å². The van der Waals surface area contributed by atoms with Crippen molar-refractivity contribution in [3.63, 3.8) is 0 Å². The molecule has 1 saturated carbocycles. The van der Waals surface area contributed by atoms with Crippen molar-refractivity contribution in [3.05, 3.63) is 64.2 Å². The molecule has 0 saturated heterocycles. The Kier molecular flexibility index (Phi) is 8.01. The van der Waals surface area contributed by atoms with Crippen LogP contribution in [-0.2, 0) is 0 Å². The molecule has 3 rings (SSSR count). The molecular formula is C26H28F4O. The molecule has 31 heavy (non-hydrogen) atoms. The van der Waals surface area contributed by atoms with Crippen LogP contribution in [0.15, 0.2) is 24.3 Å². The second-order valence-electron chi connectivity index (χ2n) is 8.21. The van der Waals surface area contributed by atoms with Crippen LogP contribution in [0.4, 0.5) is 17.6 Å². The van der Waals surface area contributed by atoms with Crippen LogP contribution in [0.3, 0.4) is 0 Å². The summed E-state index contributed by atoms with van der Waals surface area (Å²) in [6.07, 6.45) is 5.55. The molecule has 0 aromatic heterocycles. The summed E-state index contributed by atoms with van der Waals surface area (Å²) in [6, 6.07) is 6.12. The Morgan fingerprint density at radius 1 is 0.871 bits per heavy atom. The highest BCUT2D eigenvalue weighted by Crippen LogP contribution is 2.38. The molecule has 0 atom stereocenters. The van der Waals surface area contributed by atoms with Crippen molar-refractivity contribution in [2.75, 3.05) is 6.61 Å². The molecule has 1 aliphatic carbocycles. The van der Waals surface area contributed by atoms with Gasteiger partial charge in [0.05, 0.1) is 12.2 Å². The van der Waals surface area contributed by atoms with E-state index in [1.165, 1.54) is 25.1 Å². The fourth-order valence-electron chi connectivity index (χ4n) is 3.98. The molecule has 0 spiro atoms. The predicted octanol–water partition coefficient (Wildman–Crippen LogP) is 7.45. The molecule has 2 aromatic rings. The zero-order chi connectivity index (χ0) is 22.4. The third kappa shape index (κ3) is 5.61. The van der Waals surface area contributed by atoms with Gasteiger partial charge in [-0.25, -0.2) is 13.2 Å². The summed E-state index contributed by atoms with van der Waals surface area (Å²) in [6.45, 7) is 3.94. The van der Waals surface area contributed by atoms with Gasteiger partial charge in [-0.2, -0.15) is 4.39 Å². The monoisotopic (exact) mass is 432 g/mol. The van der Waals surface area contributed by atoms with Crippen LogP contribution >= 0.6 is 0 Å². The van der Waals surface area contributed by atoms with Gasteiger partial charge in [-0.3, -0.25) is 0 Å². The number of rotatable bonds is 6. The standard InChI is InChI=1S/C26H28F4O/c1-3-4-5-16-31-22-15-14-21(25(29)26(22)30)19-11-7-18(8-12-19)9-13-20-10-6-17(2)23(27)24(20)28/h6,10,14-15,18-19H,3-5,7-8,11-12,16H2,1-2H3. The maximum absolute atomic E-state index is 14.6. The van der Waals surface area contributed by atoms with Gasteiger partial charge in [0.15, 0.2) is 23.2 Å². The Morgan fingerprint density at radius 2 is 1.61 bits per heavy atom. The molecule has 0 amide bonds. The predicted molar refractivity (Wildman–Crippen MR) is 114 cm³/mol. The van der Waals surface area contributed by atoms with Crippen LogP contribution < -0.4 is 4.74 Å². The summed E-state index contributed by atoms with van der Waals surface area (Å²) < 4.78 is 62.1. The van der Waals surface area contributed by atoms with E-state index in [1.807, 2.05) is 0 Å². The van der Waals surface area contributed by atoms with Crippen molar-refractivity contribution in [1.82, 2.24) is 0 Å². The van der Waals surface area contributed by atoms with Gasteiger partial charge < -0.3 is 4.74 Å². The summed E-state index contributed by atoms with van der Waals surface area (Å²) in [4.78, 5) is 0. The number of ether oxygens (including phenoxy) is 1. The molecule has 1 fully saturated rings. The normalized spacial score (nSPS) is 18.4. The average molecular weight is 433 g/mol. The minimum Gasteiger partial charge on any atom is -0.490 e. The molecule has 2 aromatic carbocycles. The van der Waals surface area contributed by atoms with Gasteiger partial charge in [0.2, 0.25) is 5.82 Å². The maximum Gasteiger partial charge on any atom is 0.200 e. The van der Waals surface area contributed by atoms with E-state index in [0.717, 1.165) is 19.3 Å². The summed E-state index contributed by atoms with van der Waals surface area (Å²) >= 11 is 0. The third-order valence-corrected chi connectivity index (χ3v) is 5.94. The van der Waals surface area contributed by atoms with Crippen molar-refractivity contribution >= 4 is 0 Å². The zero-order valence-corrected chi connectivity index (χ0v) is 18.0. The van der Waals surface area contributed by atoms with Gasteiger partial charge in [0, 0.05) is 5.92 Å². The van der Waals surface area contributed by atoms with E-state index in [9.17, 15) is 17.6 Å². The molecule has 1 aliphatic rings. The summed E-state index contributed by atoms with van der Waals surface area (Å²) in [5.41, 5.74) is 0.666. The van der Waals surface area contributed by atoms with Crippen LogP contribution in [0, 0.1) is 48.0 Å². The highest BCUT2D eigenvalue weighted by atomic mass is 19.2. The molecule has 0 bridgehead atoms. The Bertz CT molecular complexity index is 966. The number of hydrogen-bond donors (Lipinski definition) is 0. The molecule has 0 N–H and O–H groups in total. The minimum absolute atomic E-state index is 0.0223. The van der Waals surface area contributed by atoms with E-state index >= 15 is 0 Å². The van der Waals surface area contributed by atoms with Crippen molar-refractivity contribution in [2.45, 2.75) is 64.7 Å². The van der Waals surface area contributed by atoms with Crippen molar-refractivity contribution in [3.8, 4) is 17.6 Å². The van der Waals surface area contributed by atoms with Crippen molar-refractivity contribution < 1.29 is 22.3 Å². The zero-order valence-electron chi connectivity index (χ0n) is 18.0. The van der Waals surface area contributed by atoms with E-state index in [1.54, 1.807) is 6.07 Å². The lowest BCUT2D eigenvalue weighted by Crippen LogP contribution is -2.14. The van der Waals surface area contributed by atoms with E-state index in [-0.39, 0.29) is 28.7 Å². The van der Waals surface area contributed by atoms with Gasteiger partial charge in [-0.05, 0) is 68.2 Å². The highest BCUT2D eigenvalue weighted by Gasteiger charge is 2.26. The molecule has 1 nitrogen and oxygen atoms in total. The van der Waals surface area contributed by atoms with Crippen LogP contribution in [0.1, 0.15) is 74.5 Å². The maximum atomic E-state index is 14.6. The molecule has 0 aliphatic heterocycles. The largest absolute Gasteiger partial charge is 0.490 e. The number of hydrogen-bond acceptors (Lipinski definition) is 1. The fraction of sp³-hybridized carbons (Fsp3) is 0.462. The van der Waals surface area contributed by atoms with Gasteiger partial charge in [-0.1, -0.05) is 43.7 Å². The first-order chi connectivity index (χ1) is 14.9. The Balaban J connectivity index is 1.61. The van der Waals surface area contributed by atoms with E-state index < -0.39 is 23.3 Å². The lowest BCUT2D eigenvalue weighted by Gasteiger charge is -2.26. The second kappa shape index (κ2) is 10.7. The lowest BCUT2D eigenvalue weighted by molar-refractivity contribution is 0.284. The first-order valence-electron chi connectivity index (χ1n) is 11.0. The molecule has 5 heteroatoms. The van der Waals surface area contributed by atoms with Crippen LogP contribution in [0.25, 0.3) is 0 Å². The van der Waals surface area contributed by atoms with E-state index in [2.05, 4.69) is 18.8 Å². The summed E-state index contributed by atoms with van der Waals surface area (Å²) in [7, 11) is 0. The van der Waals surface area contributed by atoms with Gasteiger partial charge >= 0.3 is 0 Å². The van der Waals surface area contributed by atoms with Gasteiger partial charge in [0.25, 0.3) is 0 Å². The summed E-state index contributed by atoms with van der Waals surface area (Å²) in [5, 5.41) is 0. The molecular weight excluding hydrogens is 404 g/mol. The first kappa shape index (κ1) is 23.2. The number of halogens is 4. The Hall–Kier alpha value is -2.48. The fourth-order valence-corrected chi connectivity index (χ4v) is 3.98. The van der Waals surface area contributed by atoms with E-state index in [4.69, 9.17) is 4.74 Å². The molecule has 166 valence electrons. The highest BCUT2D eigenvalue weighted by molar-refractivity contribution is 5.39. The van der Waals surface area contributed by atoms with Gasteiger partial charge in [0.1, 0.15) is 0 Å². The molecule has 0 radical (unpaired) electrons. The van der Waals surface area contributed by atoms with E-state index in [0.29, 0.717) is 37.9 Å². The smallest absolute Gasteiger partial charge is 0.200 e. The third-order valence-electron chi connectivity index (χ3n) is 5.94. The van der Waals surface area contributed by atoms with Crippen LogP contribution in [0.5, 0.6) is 5.75 Å².